The minimum Gasteiger partial charge on any atom is -0.354 e. The van der Waals surface area contributed by atoms with E-state index in [0.29, 0.717) is 0 Å². The van der Waals surface area contributed by atoms with Crippen LogP contribution in [-0.2, 0) is 0 Å². The van der Waals surface area contributed by atoms with Gasteiger partial charge in [0.1, 0.15) is 0 Å². The second-order valence-corrected chi connectivity index (χ2v) is 1.70. The fraction of sp³-hybridized carbons (Fsp3) is 0.667. The third-order valence-corrected chi connectivity index (χ3v) is 0. The molecule has 0 heterocycles. The molecule has 2 unspecified atom stereocenters. The highest BCUT2D eigenvalue weighted by atomic mass is 16.3. The van der Waals surface area contributed by atoms with E-state index >= 15 is 0 Å². The van der Waals surface area contributed by atoms with Crippen LogP contribution in [0.15, 0.2) is 0 Å². The molecule has 0 amide bonds. The molecular weight excluding hydrogens is 104 g/mol. The lowest BCUT2D eigenvalue weighted by Crippen LogP contribution is -1.86. The van der Waals surface area contributed by atoms with Crippen molar-refractivity contribution in [2.75, 3.05) is 0 Å². The Balaban J connectivity index is -0.0000000720. The van der Waals surface area contributed by atoms with Crippen molar-refractivity contribution < 1.29 is 11.6 Å². The Kier molecular flexibility index (Phi) is 8.83. The molecule has 0 rings (SSSR count). The minimum absolute atomic E-state index is 0. The van der Waals surface area contributed by atoms with Gasteiger partial charge in [0, 0.05) is 13.8 Å². The standard InChI is InChI=1S/2C3H7O/c2*1-3(2)4/h2*3-4H,1H2,2H3/q2*+1/p+1. The fourth-order valence-electron chi connectivity index (χ4n) is 0. The van der Waals surface area contributed by atoms with Gasteiger partial charge in [-0.2, -0.15) is 0 Å². The summed E-state index contributed by atoms with van der Waals surface area (Å²) in [5.41, 5.74) is 0. The highest BCUT2D eigenvalue weighted by Crippen LogP contribution is 1.64. The van der Waals surface area contributed by atoms with E-state index < -0.39 is 12.2 Å². The number of rotatable bonds is 0. The first kappa shape index (κ1) is 10.6. The monoisotopic (exact) mass is 119 g/mol. The van der Waals surface area contributed by atoms with Crippen LogP contribution in [0.4, 0.5) is 0 Å². The van der Waals surface area contributed by atoms with Gasteiger partial charge in [0.2, 0.25) is 0 Å². The molecule has 48 valence electrons. The molecule has 0 spiro atoms. The topological polar surface area (TPSA) is 40.5 Å². The zero-order valence-electron chi connectivity index (χ0n) is 6.46. The summed E-state index contributed by atoms with van der Waals surface area (Å²) < 4.78 is 0. The summed E-state index contributed by atoms with van der Waals surface area (Å²) in [6.45, 7) is 9.61. The first-order chi connectivity index (χ1) is 3.46. The molecule has 0 aromatic rings. The van der Waals surface area contributed by atoms with Crippen LogP contribution in [0.2, 0.25) is 0 Å². The van der Waals surface area contributed by atoms with Crippen LogP contribution in [-0.4, -0.2) is 22.4 Å². The van der Waals surface area contributed by atoms with Gasteiger partial charge in [0.15, 0.2) is 12.2 Å². The second-order valence-electron chi connectivity index (χ2n) is 1.70. The van der Waals surface area contributed by atoms with Crippen molar-refractivity contribution >= 4 is 0 Å². The maximum atomic E-state index is 7.94. The Morgan fingerprint density at radius 2 is 1.12 bits per heavy atom. The first-order valence-corrected chi connectivity index (χ1v) is 2.49. The normalized spacial score (nSPS) is 15.5. The highest BCUT2D eigenvalue weighted by molar-refractivity contribution is 4.41. The first-order valence-electron chi connectivity index (χ1n) is 2.49. The SMILES string of the molecule is [CH2+]C(C)O.[CH2+]C(C)O.[H+]. The molecule has 0 aliphatic heterocycles. The van der Waals surface area contributed by atoms with Crippen molar-refractivity contribution in [2.24, 2.45) is 0 Å². The Hall–Kier alpha value is -0.340. The molecule has 0 aliphatic carbocycles. The van der Waals surface area contributed by atoms with Gasteiger partial charge in [-0.25, -0.2) is 0 Å². The van der Waals surface area contributed by atoms with E-state index in [1.807, 2.05) is 0 Å². The largest absolute Gasteiger partial charge is 1.00 e. The highest BCUT2D eigenvalue weighted by Gasteiger charge is 1.80. The van der Waals surface area contributed by atoms with Crippen molar-refractivity contribution in [1.29, 1.82) is 0 Å². The van der Waals surface area contributed by atoms with E-state index in [9.17, 15) is 0 Å². The molecule has 0 saturated carbocycles. The summed E-state index contributed by atoms with van der Waals surface area (Å²) in [5.74, 6) is 0. The van der Waals surface area contributed by atoms with E-state index in [1.165, 1.54) is 0 Å². The van der Waals surface area contributed by atoms with Gasteiger partial charge >= 0.3 is 1.43 Å². The zero-order valence-corrected chi connectivity index (χ0v) is 5.46. The Morgan fingerprint density at radius 3 is 1.12 bits per heavy atom. The lowest BCUT2D eigenvalue weighted by atomic mass is 10.5. The van der Waals surface area contributed by atoms with Crippen LogP contribution in [0.3, 0.4) is 0 Å². The molecule has 0 aliphatic rings. The lowest BCUT2D eigenvalue weighted by molar-refractivity contribution is 0.241. The van der Waals surface area contributed by atoms with E-state index in [4.69, 9.17) is 10.2 Å². The molecule has 2 N–H and O–H groups in total. The summed E-state index contributed by atoms with van der Waals surface area (Å²) in [7, 11) is 0. The molecule has 0 radical (unpaired) electrons. The maximum Gasteiger partial charge on any atom is 1.00 e. The molecule has 8 heavy (non-hydrogen) atoms. The number of hydrogen-bond acceptors (Lipinski definition) is 2. The van der Waals surface area contributed by atoms with Gasteiger partial charge in [-0.15, -0.1) is 0 Å². The minimum atomic E-state index is -0.417. The van der Waals surface area contributed by atoms with E-state index in [-0.39, 0.29) is 1.43 Å². The predicted octanol–water partition coefficient (Wildman–Crippen LogP) is 0.515. The van der Waals surface area contributed by atoms with Gasteiger partial charge in [-0.05, 0) is 0 Å². The fourth-order valence-corrected chi connectivity index (χ4v) is 0. The Bertz CT molecular complexity index is 26.5. The van der Waals surface area contributed by atoms with Gasteiger partial charge < -0.3 is 10.2 Å². The average molecular weight is 119 g/mol. The molecule has 2 atom stereocenters. The summed E-state index contributed by atoms with van der Waals surface area (Å²) in [6.07, 6.45) is -0.833. The summed E-state index contributed by atoms with van der Waals surface area (Å²) in [6, 6.07) is 0. The van der Waals surface area contributed by atoms with Gasteiger partial charge in [-0.1, -0.05) is 0 Å². The Labute approximate surface area is 52.6 Å². The third-order valence-electron chi connectivity index (χ3n) is 0. The average Bonchev–Trinajstić information content (AvgIpc) is 1.25. The van der Waals surface area contributed by atoms with E-state index in [0.717, 1.165) is 0 Å². The molecule has 0 fully saturated rings. The van der Waals surface area contributed by atoms with Crippen LogP contribution in [0.5, 0.6) is 0 Å². The van der Waals surface area contributed by atoms with Crippen molar-refractivity contribution in [3.05, 3.63) is 13.8 Å². The van der Waals surface area contributed by atoms with Crippen molar-refractivity contribution in [2.45, 2.75) is 26.1 Å². The third kappa shape index (κ3) is 1060. The number of hydrogen-bond donors (Lipinski definition) is 2. The molecule has 0 aromatic carbocycles. The van der Waals surface area contributed by atoms with Gasteiger partial charge in [0.25, 0.3) is 0 Å². The molecular formula is C6H15O2+3. The lowest BCUT2D eigenvalue weighted by Gasteiger charge is -1.70. The van der Waals surface area contributed by atoms with Crippen LogP contribution in [0.1, 0.15) is 15.3 Å². The molecule has 0 bridgehead atoms. The van der Waals surface area contributed by atoms with Crippen LogP contribution in [0, 0.1) is 13.8 Å². The quantitative estimate of drug-likeness (QED) is 0.456. The number of aliphatic hydroxyl groups is 2. The summed E-state index contributed by atoms with van der Waals surface area (Å²) in [4.78, 5) is 0. The molecule has 0 saturated heterocycles. The van der Waals surface area contributed by atoms with Crippen LogP contribution >= 0.6 is 0 Å². The predicted molar refractivity (Wildman–Crippen MR) is 35.2 cm³/mol. The van der Waals surface area contributed by atoms with Crippen molar-refractivity contribution in [3.63, 3.8) is 0 Å². The summed E-state index contributed by atoms with van der Waals surface area (Å²) >= 11 is 0. The van der Waals surface area contributed by atoms with Crippen LogP contribution in [0.25, 0.3) is 0 Å². The second kappa shape index (κ2) is 6.66. The Morgan fingerprint density at radius 1 is 1.12 bits per heavy atom. The van der Waals surface area contributed by atoms with Crippen molar-refractivity contribution in [3.8, 4) is 0 Å². The van der Waals surface area contributed by atoms with E-state index in [1.54, 1.807) is 13.8 Å². The smallest absolute Gasteiger partial charge is 0.354 e. The molecule has 2 heteroatoms. The van der Waals surface area contributed by atoms with Gasteiger partial charge in [-0.3, -0.25) is 0 Å². The van der Waals surface area contributed by atoms with Crippen LogP contribution < -0.4 is 0 Å². The number of aliphatic hydroxyl groups excluding tert-OH is 2. The molecule has 2 nitrogen and oxygen atoms in total. The van der Waals surface area contributed by atoms with Crippen molar-refractivity contribution in [1.82, 2.24) is 0 Å². The molecule has 0 aromatic heterocycles. The van der Waals surface area contributed by atoms with Gasteiger partial charge in [0.05, 0.1) is 13.8 Å². The summed E-state index contributed by atoms with van der Waals surface area (Å²) in [5, 5.41) is 15.9. The maximum absolute atomic E-state index is 7.94. The van der Waals surface area contributed by atoms with E-state index in [2.05, 4.69) is 13.8 Å². The zero-order chi connectivity index (χ0) is 7.15.